The molecule has 2 rings (SSSR count). The maximum atomic E-state index is 6.19. The van der Waals surface area contributed by atoms with Crippen LogP contribution in [-0.4, -0.2) is 30.6 Å². The van der Waals surface area contributed by atoms with Crippen LogP contribution in [0.25, 0.3) is 0 Å². The molecular formula is C15H23ClN2S. The minimum Gasteiger partial charge on any atom is -0.370 e. The van der Waals surface area contributed by atoms with E-state index in [0.717, 1.165) is 24.7 Å². The zero-order valence-corrected chi connectivity index (χ0v) is 13.4. The lowest BCUT2D eigenvalue weighted by molar-refractivity contribution is 0.588. The Morgan fingerprint density at radius 3 is 2.95 bits per heavy atom. The number of nitrogens with zero attached hydrogens (tertiary/aromatic N) is 1. The van der Waals surface area contributed by atoms with E-state index in [9.17, 15) is 0 Å². The van der Waals surface area contributed by atoms with Gasteiger partial charge < -0.3 is 10.2 Å². The summed E-state index contributed by atoms with van der Waals surface area (Å²) in [5.74, 6) is 2.49. The smallest absolute Gasteiger partial charge is 0.0427 e. The minimum atomic E-state index is 0.503. The van der Waals surface area contributed by atoms with Gasteiger partial charge in [-0.1, -0.05) is 31.5 Å². The highest BCUT2D eigenvalue weighted by molar-refractivity contribution is 7.99. The van der Waals surface area contributed by atoms with E-state index >= 15 is 0 Å². The Morgan fingerprint density at radius 1 is 1.32 bits per heavy atom. The summed E-state index contributed by atoms with van der Waals surface area (Å²) in [5.41, 5.74) is 2.66. The molecule has 0 bridgehead atoms. The van der Waals surface area contributed by atoms with Crippen LogP contribution in [0, 0.1) is 0 Å². The van der Waals surface area contributed by atoms with Crippen LogP contribution in [0.3, 0.4) is 0 Å². The number of nitrogens with one attached hydrogen (secondary N) is 1. The normalized spacial score (nSPS) is 16.7. The molecule has 0 atom stereocenters. The molecule has 19 heavy (non-hydrogen) atoms. The Balaban J connectivity index is 2.17. The summed E-state index contributed by atoms with van der Waals surface area (Å²) in [7, 11) is 0. The van der Waals surface area contributed by atoms with E-state index in [1.807, 2.05) is 6.07 Å². The van der Waals surface area contributed by atoms with Gasteiger partial charge in [0.15, 0.2) is 0 Å². The molecule has 1 aliphatic heterocycles. The van der Waals surface area contributed by atoms with Crippen molar-refractivity contribution in [3.05, 3.63) is 28.8 Å². The Bertz CT molecular complexity index is 401. The maximum absolute atomic E-state index is 6.19. The van der Waals surface area contributed by atoms with Gasteiger partial charge in [0, 0.05) is 42.1 Å². The molecule has 0 radical (unpaired) electrons. The summed E-state index contributed by atoms with van der Waals surface area (Å²) < 4.78 is 0. The third-order valence-electron chi connectivity index (χ3n) is 3.31. The van der Waals surface area contributed by atoms with Crippen molar-refractivity contribution < 1.29 is 0 Å². The van der Waals surface area contributed by atoms with E-state index in [1.54, 1.807) is 0 Å². The lowest BCUT2D eigenvalue weighted by atomic mass is 10.1. The van der Waals surface area contributed by atoms with Crippen LogP contribution < -0.4 is 10.2 Å². The van der Waals surface area contributed by atoms with Gasteiger partial charge in [-0.2, -0.15) is 11.8 Å². The summed E-state index contributed by atoms with van der Waals surface area (Å²) in [5, 5.41) is 4.33. The highest BCUT2D eigenvalue weighted by atomic mass is 35.5. The van der Waals surface area contributed by atoms with Crippen LogP contribution in [0.15, 0.2) is 18.2 Å². The van der Waals surface area contributed by atoms with Gasteiger partial charge in [-0.25, -0.2) is 0 Å². The molecule has 1 saturated heterocycles. The molecule has 0 amide bonds. The van der Waals surface area contributed by atoms with Gasteiger partial charge in [0.2, 0.25) is 0 Å². The lowest BCUT2D eigenvalue weighted by Gasteiger charge is -2.26. The van der Waals surface area contributed by atoms with Crippen LogP contribution in [-0.2, 0) is 6.54 Å². The standard InChI is InChI=1S/C15H23ClN2S/c1-12(2)17-11-13-4-5-14(16)10-15(13)18-6-3-8-19-9-7-18/h4-5,10,12,17H,3,6-9,11H2,1-2H3. The van der Waals surface area contributed by atoms with E-state index in [-0.39, 0.29) is 0 Å². The molecule has 0 spiro atoms. The average molecular weight is 299 g/mol. The molecule has 1 N–H and O–H groups in total. The Labute approximate surface area is 125 Å². The third-order valence-corrected chi connectivity index (χ3v) is 4.59. The Morgan fingerprint density at radius 2 is 2.16 bits per heavy atom. The molecule has 106 valence electrons. The van der Waals surface area contributed by atoms with Gasteiger partial charge in [0.05, 0.1) is 0 Å². The first-order valence-corrected chi connectivity index (χ1v) is 8.54. The van der Waals surface area contributed by atoms with E-state index in [4.69, 9.17) is 11.6 Å². The first-order valence-electron chi connectivity index (χ1n) is 7.01. The summed E-state index contributed by atoms with van der Waals surface area (Å²) >= 11 is 8.24. The summed E-state index contributed by atoms with van der Waals surface area (Å²) in [6.45, 7) is 7.53. The number of thioether (sulfide) groups is 1. The maximum Gasteiger partial charge on any atom is 0.0427 e. The number of rotatable bonds is 4. The van der Waals surface area contributed by atoms with E-state index in [0.29, 0.717) is 6.04 Å². The van der Waals surface area contributed by atoms with Gasteiger partial charge in [-0.15, -0.1) is 0 Å². The molecule has 1 aromatic carbocycles. The number of halogens is 1. The fourth-order valence-corrected chi connectivity index (χ4v) is 3.34. The van der Waals surface area contributed by atoms with Crippen molar-refractivity contribution in [3.63, 3.8) is 0 Å². The Kier molecular flexibility index (Phi) is 5.86. The predicted molar refractivity (Wildman–Crippen MR) is 87.6 cm³/mol. The van der Waals surface area contributed by atoms with E-state index in [2.05, 4.69) is 48.0 Å². The Hall–Kier alpha value is -0.380. The molecule has 0 unspecified atom stereocenters. The number of hydrogen-bond donors (Lipinski definition) is 1. The van der Waals surface area contributed by atoms with Crippen molar-refractivity contribution in [1.82, 2.24) is 5.32 Å². The van der Waals surface area contributed by atoms with Crippen molar-refractivity contribution >= 4 is 29.1 Å². The summed E-state index contributed by atoms with van der Waals surface area (Å²) in [4.78, 5) is 2.49. The quantitative estimate of drug-likeness (QED) is 0.911. The number of hydrogen-bond acceptors (Lipinski definition) is 3. The van der Waals surface area contributed by atoms with Crippen molar-refractivity contribution in [2.75, 3.05) is 29.5 Å². The largest absolute Gasteiger partial charge is 0.370 e. The lowest BCUT2D eigenvalue weighted by Crippen LogP contribution is -2.28. The fraction of sp³-hybridized carbons (Fsp3) is 0.600. The fourth-order valence-electron chi connectivity index (χ4n) is 2.28. The molecule has 0 aliphatic carbocycles. The molecule has 4 heteroatoms. The molecule has 1 aromatic rings. The zero-order chi connectivity index (χ0) is 13.7. The minimum absolute atomic E-state index is 0.503. The third kappa shape index (κ3) is 4.59. The van der Waals surface area contributed by atoms with E-state index < -0.39 is 0 Å². The van der Waals surface area contributed by atoms with Crippen LogP contribution in [0.2, 0.25) is 5.02 Å². The second-order valence-corrected chi connectivity index (χ2v) is 6.92. The van der Waals surface area contributed by atoms with E-state index in [1.165, 1.54) is 29.2 Å². The van der Waals surface area contributed by atoms with Crippen molar-refractivity contribution in [3.8, 4) is 0 Å². The number of anilines is 1. The monoisotopic (exact) mass is 298 g/mol. The van der Waals surface area contributed by atoms with Crippen molar-refractivity contribution in [2.45, 2.75) is 32.9 Å². The van der Waals surface area contributed by atoms with Crippen molar-refractivity contribution in [1.29, 1.82) is 0 Å². The van der Waals surface area contributed by atoms with Crippen molar-refractivity contribution in [2.24, 2.45) is 0 Å². The first-order chi connectivity index (χ1) is 9.16. The first kappa shape index (κ1) is 15.0. The van der Waals surface area contributed by atoms with Crippen LogP contribution in [0.1, 0.15) is 25.8 Å². The molecule has 1 heterocycles. The molecular weight excluding hydrogens is 276 g/mol. The SMILES string of the molecule is CC(C)NCc1ccc(Cl)cc1N1CCCSCC1. The number of benzene rings is 1. The highest BCUT2D eigenvalue weighted by Crippen LogP contribution is 2.27. The zero-order valence-electron chi connectivity index (χ0n) is 11.8. The second-order valence-electron chi connectivity index (χ2n) is 5.26. The molecule has 1 fully saturated rings. The molecule has 2 nitrogen and oxygen atoms in total. The van der Waals surface area contributed by atoms with Gasteiger partial charge in [-0.3, -0.25) is 0 Å². The average Bonchev–Trinajstić information content (AvgIpc) is 2.65. The van der Waals surface area contributed by atoms with Gasteiger partial charge in [0.25, 0.3) is 0 Å². The van der Waals surface area contributed by atoms with Gasteiger partial charge in [-0.05, 0) is 29.9 Å². The summed E-state index contributed by atoms with van der Waals surface area (Å²) in [6, 6.07) is 6.78. The predicted octanol–water partition coefficient (Wildman–Crippen LogP) is 3.78. The second kappa shape index (κ2) is 7.41. The molecule has 0 aromatic heterocycles. The van der Waals surface area contributed by atoms with Crippen LogP contribution >= 0.6 is 23.4 Å². The summed E-state index contributed by atoms with van der Waals surface area (Å²) in [6.07, 6.45) is 1.26. The van der Waals surface area contributed by atoms with Gasteiger partial charge in [0.1, 0.15) is 0 Å². The van der Waals surface area contributed by atoms with Crippen LogP contribution in [0.4, 0.5) is 5.69 Å². The highest BCUT2D eigenvalue weighted by Gasteiger charge is 2.14. The molecule has 1 aliphatic rings. The molecule has 0 saturated carbocycles. The van der Waals surface area contributed by atoms with Crippen LogP contribution in [0.5, 0.6) is 0 Å². The van der Waals surface area contributed by atoms with Gasteiger partial charge >= 0.3 is 0 Å². The topological polar surface area (TPSA) is 15.3 Å².